The number of thiophene rings is 2. The van der Waals surface area contributed by atoms with Crippen LogP contribution in [0.25, 0.3) is 64.7 Å². The number of para-hydroxylation sites is 2. The first-order valence-electron chi connectivity index (χ1n) is 14.6. The molecule has 0 saturated heterocycles. The average Bonchev–Trinajstić information content (AvgIpc) is 3.62. The number of benzene rings is 6. The van der Waals surface area contributed by atoms with E-state index in [2.05, 4.69) is 133 Å². The molecule has 2 nitrogen and oxygen atoms in total. The van der Waals surface area contributed by atoms with Gasteiger partial charge in [-0.25, -0.2) is 0 Å². The Labute approximate surface area is 263 Å². The van der Waals surface area contributed by atoms with Crippen LogP contribution in [0, 0.1) is 0 Å². The Kier molecular flexibility index (Phi) is 5.90. The molecule has 208 valence electrons. The molecule has 1 aliphatic heterocycles. The van der Waals surface area contributed by atoms with Gasteiger partial charge in [-0.2, -0.15) is 0 Å². The van der Waals surface area contributed by atoms with Crippen molar-refractivity contribution in [3.63, 3.8) is 0 Å². The topological polar surface area (TPSA) is 18.5 Å². The third-order valence-electron chi connectivity index (χ3n) is 8.25. The lowest BCUT2D eigenvalue weighted by molar-refractivity contribution is 0.481. The van der Waals surface area contributed by atoms with Gasteiger partial charge in [-0.05, 0) is 46.5 Å². The highest BCUT2D eigenvalue weighted by Crippen LogP contribution is 2.56. The predicted octanol–water partition coefficient (Wildman–Crippen LogP) is 12.7. The fourth-order valence-corrected chi connectivity index (χ4v) is 8.43. The zero-order valence-electron chi connectivity index (χ0n) is 23.5. The summed E-state index contributed by atoms with van der Waals surface area (Å²) < 4.78 is 16.2. The van der Waals surface area contributed by atoms with Crippen molar-refractivity contribution in [3.8, 4) is 66.1 Å². The molecule has 0 radical (unpaired) electrons. The van der Waals surface area contributed by atoms with Crippen molar-refractivity contribution in [2.24, 2.45) is 0 Å². The molecule has 0 amide bonds. The molecule has 3 heterocycles. The van der Waals surface area contributed by atoms with Gasteiger partial charge in [0, 0.05) is 42.4 Å². The summed E-state index contributed by atoms with van der Waals surface area (Å²) in [4.78, 5) is 0. The van der Waals surface area contributed by atoms with E-state index in [-0.39, 0.29) is 0 Å². The number of hydrogen-bond acceptors (Lipinski definition) is 4. The number of fused-ring (bicyclic) bond motifs is 10. The summed E-state index contributed by atoms with van der Waals surface area (Å²) in [5, 5.41) is 4.06. The van der Waals surface area contributed by atoms with Gasteiger partial charge in [0.25, 0.3) is 0 Å². The van der Waals surface area contributed by atoms with E-state index in [0.29, 0.717) is 0 Å². The summed E-state index contributed by atoms with van der Waals surface area (Å²) in [6.45, 7) is 0. The molecule has 9 rings (SSSR count). The van der Waals surface area contributed by atoms with Gasteiger partial charge in [-0.3, -0.25) is 0 Å². The van der Waals surface area contributed by atoms with Gasteiger partial charge in [0.05, 0.1) is 0 Å². The van der Waals surface area contributed by atoms with Crippen molar-refractivity contribution < 1.29 is 9.47 Å². The van der Waals surface area contributed by atoms with E-state index in [0.717, 1.165) is 54.7 Å². The average molecular weight is 601 g/mol. The number of rotatable bonds is 2. The Balaban J connectivity index is 1.30. The first-order valence-corrected chi connectivity index (χ1v) is 16.2. The van der Waals surface area contributed by atoms with Crippen molar-refractivity contribution in [1.82, 2.24) is 0 Å². The quantitative estimate of drug-likeness (QED) is 0.196. The molecule has 6 aromatic carbocycles. The minimum Gasteiger partial charge on any atom is -0.456 e. The van der Waals surface area contributed by atoms with E-state index in [1.54, 1.807) is 22.7 Å². The van der Waals surface area contributed by atoms with Crippen LogP contribution in [-0.2, 0) is 0 Å². The molecule has 4 heteroatoms. The third-order valence-corrected chi connectivity index (χ3v) is 10.3. The van der Waals surface area contributed by atoms with E-state index >= 15 is 0 Å². The molecule has 0 fully saturated rings. The highest BCUT2D eigenvalue weighted by Gasteiger charge is 2.26. The molecule has 1 aliphatic rings. The maximum Gasteiger partial charge on any atom is 0.191 e. The van der Waals surface area contributed by atoms with Gasteiger partial charge in [0.15, 0.2) is 10.1 Å². The van der Waals surface area contributed by atoms with Crippen LogP contribution in [0.15, 0.2) is 146 Å². The molecule has 0 atom stereocenters. The summed E-state index contributed by atoms with van der Waals surface area (Å²) in [5.74, 6) is 1.62. The molecule has 44 heavy (non-hydrogen) atoms. The van der Waals surface area contributed by atoms with Crippen LogP contribution in [0.5, 0.6) is 21.6 Å². The Bertz CT molecular complexity index is 2170. The summed E-state index contributed by atoms with van der Waals surface area (Å²) in [7, 11) is 0. The van der Waals surface area contributed by atoms with E-state index < -0.39 is 0 Å². The van der Waals surface area contributed by atoms with Crippen LogP contribution in [0.4, 0.5) is 0 Å². The maximum atomic E-state index is 7.07. The Hall–Kier alpha value is -5.16. The van der Waals surface area contributed by atoms with Crippen molar-refractivity contribution in [2.75, 3.05) is 0 Å². The van der Waals surface area contributed by atoms with Gasteiger partial charge >= 0.3 is 0 Å². The first kappa shape index (κ1) is 25.3. The van der Waals surface area contributed by atoms with E-state index in [9.17, 15) is 0 Å². The minimum atomic E-state index is 0.811. The smallest absolute Gasteiger partial charge is 0.191 e. The van der Waals surface area contributed by atoms with Crippen molar-refractivity contribution in [2.45, 2.75) is 0 Å². The van der Waals surface area contributed by atoms with E-state index in [1.165, 1.54) is 31.7 Å². The largest absolute Gasteiger partial charge is 0.456 e. The number of hydrogen-bond donors (Lipinski definition) is 0. The van der Waals surface area contributed by atoms with Gasteiger partial charge in [-0.1, -0.05) is 144 Å². The third kappa shape index (κ3) is 4.15. The molecule has 0 aliphatic carbocycles. The molecule has 8 aromatic rings. The van der Waals surface area contributed by atoms with E-state index in [1.807, 2.05) is 12.1 Å². The monoisotopic (exact) mass is 600 g/mol. The second-order valence-corrected chi connectivity index (χ2v) is 12.9. The predicted molar refractivity (Wildman–Crippen MR) is 186 cm³/mol. The molecule has 0 spiro atoms. The van der Waals surface area contributed by atoms with E-state index in [4.69, 9.17) is 9.47 Å². The fourth-order valence-electron chi connectivity index (χ4n) is 6.15. The van der Waals surface area contributed by atoms with Crippen molar-refractivity contribution >= 4 is 42.8 Å². The highest BCUT2D eigenvalue weighted by molar-refractivity contribution is 7.23. The van der Waals surface area contributed by atoms with Crippen molar-refractivity contribution in [1.29, 1.82) is 0 Å². The second-order valence-electron chi connectivity index (χ2n) is 10.9. The zero-order valence-corrected chi connectivity index (χ0v) is 25.1. The van der Waals surface area contributed by atoms with Crippen LogP contribution < -0.4 is 9.47 Å². The molecule has 0 N–H and O–H groups in total. The molecular formula is C40H24O2S2. The standard InChI is InChI=1S/C40H24O2S2/c1-3-11-25(12-4-1)27-19-21-31-35(23-27)43-39-37(31)29-15-7-9-17-33(29)41-34-18-10-8-16-30(34)38-32-22-20-28(26-13-5-2-6-14-26)24-36(32)44-40(38)42-39/h1-24H. The minimum absolute atomic E-state index is 0.811. The van der Waals surface area contributed by atoms with Gasteiger partial charge < -0.3 is 9.47 Å². The molecule has 0 unspecified atom stereocenters. The summed E-state index contributed by atoms with van der Waals surface area (Å²) >= 11 is 3.39. The first-order chi connectivity index (χ1) is 21.8. The SMILES string of the molecule is c1ccc(-c2ccc3c4c(sc3c2)Oc2sc3cc(-c5ccccc5)ccc3c2-c2ccccc2Oc2ccccc2-4)cc1. The normalized spacial score (nSPS) is 12.0. The van der Waals surface area contributed by atoms with Crippen LogP contribution in [0.2, 0.25) is 0 Å². The molecular weight excluding hydrogens is 577 g/mol. The summed E-state index contributed by atoms with van der Waals surface area (Å²) in [6, 6.07) is 51.1. The van der Waals surface area contributed by atoms with Crippen molar-refractivity contribution in [3.05, 3.63) is 146 Å². The van der Waals surface area contributed by atoms with Crippen LogP contribution >= 0.6 is 22.7 Å². The second kappa shape index (κ2) is 10.2. The lowest BCUT2D eigenvalue weighted by Crippen LogP contribution is -1.94. The van der Waals surface area contributed by atoms with Crippen LogP contribution in [0.1, 0.15) is 0 Å². The summed E-state index contributed by atoms with van der Waals surface area (Å²) in [5.41, 5.74) is 8.94. The highest BCUT2D eigenvalue weighted by atomic mass is 32.1. The Morgan fingerprint density at radius 3 is 1.27 bits per heavy atom. The molecule has 2 aromatic heterocycles. The van der Waals surface area contributed by atoms with Gasteiger partial charge in [0.2, 0.25) is 0 Å². The lowest BCUT2D eigenvalue weighted by Gasteiger charge is -2.18. The number of ether oxygens (including phenoxy) is 2. The lowest BCUT2D eigenvalue weighted by atomic mass is 9.98. The Morgan fingerprint density at radius 2 is 0.795 bits per heavy atom. The zero-order chi connectivity index (χ0) is 29.0. The Morgan fingerprint density at radius 1 is 0.364 bits per heavy atom. The van der Waals surface area contributed by atoms with Crippen LogP contribution in [-0.4, -0.2) is 0 Å². The fraction of sp³-hybridized carbons (Fsp3) is 0. The maximum absolute atomic E-state index is 7.07. The van der Waals surface area contributed by atoms with Gasteiger partial charge in [-0.15, -0.1) is 0 Å². The summed E-state index contributed by atoms with van der Waals surface area (Å²) in [6.07, 6.45) is 0. The molecule has 0 saturated carbocycles. The van der Waals surface area contributed by atoms with Gasteiger partial charge in [0.1, 0.15) is 11.5 Å². The van der Waals surface area contributed by atoms with Crippen LogP contribution in [0.3, 0.4) is 0 Å². The molecule has 0 bridgehead atoms.